The topological polar surface area (TPSA) is 86.8 Å². The normalized spacial score (nSPS) is 21.0. The van der Waals surface area contributed by atoms with Gasteiger partial charge in [-0.1, -0.05) is 59.9 Å². The van der Waals surface area contributed by atoms with Gasteiger partial charge in [-0.15, -0.1) is 0 Å². The highest BCUT2D eigenvalue weighted by Gasteiger charge is 2.40. The Kier molecular flexibility index (Phi) is 10.8. The third-order valence-electron chi connectivity index (χ3n) is 9.43. The Bertz CT molecular complexity index is 1580. The third kappa shape index (κ3) is 8.16. The minimum Gasteiger partial charge on any atom is -0.485 e. The maximum Gasteiger partial charge on any atom is 0.228 e. The third-order valence-corrected chi connectivity index (χ3v) is 10.4. The maximum absolute atomic E-state index is 14.3. The number of nitrogens with one attached hydrogen (secondary N) is 2. The number of hydrogen-bond acceptors (Lipinski definition) is 6. The summed E-state index contributed by atoms with van der Waals surface area (Å²) in [6, 6.07) is 13.9. The summed E-state index contributed by atoms with van der Waals surface area (Å²) in [7, 11) is 0. The molecule has 250 valence electrons. The van der Waals surface area contributed by atoms with Crippen LogP contribution < -0.4 is 20.3 Å². The van der Waals surface area contributed by atoms with Crippen LogP contribution >= 0.6 is 34.8 Å². The summed E-state index contributed by atoms with van der Waals surface area (Å²) in [5, 5.41) is 8.07. The number of carbonyl (C=O) groups excluding carboxylic acids is 2. The Labute approximate surface area is 292 Å². The fraction of sp³-hybridized carbons (Fsp3) is 0.472. The highest BCUT2D eigenvalue weighted by atomic mass is 35.5. The van der Waals surface area contributed by atoms with Gasteiger partial charge in [-0.25, -0.2) is 4.98 Å². The number of hydrogen-bond donors (Lipinski definition) is 2. The van der Waals surface area contributed by atoms with Crippen LogP contribution in [0.4, 0.5) is 5.82 Å². The molecule has 3 heterocycles. The van der Waals surface area contributed by atoms with Gasteiger partial charge < -0.3 is 25.2 Å². The van der Waals surface area contributed by atoms with E-state index in [-0.39, 0.29) is 35.8 Å². The van der Waals surface area contributed by atoms with Crippen molar-refractivity contribution in [2.45, 2.75) is 77.1 Å². The monoisotopic (exact) mass is 697 g/mol. The second kappa shape index (κ2) is 15.0. The van der Waals surface area contributed by atoms with Crippen molar-refractivity contribution in [3.63, 3.8) is 0 Å². The van der Waals surface area contributed by atoms with Crippen LogP contribution in [-0.4, -0.2) is 60.0 Å². The molecule has 2 unspecified atom stereocenters. The van der Waals surface area contributed by atoms with Crippen LogP contribution in [0.15, 0.2) is 48.7 Å². The highest BCUT2D eigenvalue weighted by Crippen LogP contribution is 2.38. The smallest absolute Gasteiger partial charge is 0.228 e. The van der Waals surface area contributed by atoms with Crippen LogP contribution in [0, 0.1) is 12.8 Å². The lowest BCUT2D eigenvalue weighted by molar-refractivity contribution is -0.138. The van der Waals surface area contributed by atoms with Crippen molar-refractivity contribution in [1.29, 1.82) is 0 Å². The number of anilines is 1. The summed E-state index contributed by atoms with van der Waals surface area (Å²) >= 11 is 19.5. The van der Waals surface area contributed by atoms with Gasteiger partial charge in [0.15, 0.2) is 5.75 Å². The summed E-state index contributed by atoms with van der Waals surface area (Å²) in [5.41, 5.74) is 3.95. The zero-order chi connectivity index (χ0) is 33.1. The molecule has 1 aliphatic carbocycles. The zero-order valence-electron chi connectivity index (χ0n) is 26.9. The number of piperidine rings is 1. The minimum atomic E-state index is -0.198. The molecular weight excluding hydrogens is 657 g/mol. The van der Waals surface area contributed by atoms with E-state index in [9.17, 15) is 9.59 Å². The van der Waals surface area contributed by atoms with Crippen molar-refractivity contribution in [3.8, 4) is 5.75 Å². The van der Waals surface area contributed by atoms with Gasteiger partial charge in [-0.2, -0.15) is 0 Å². The molecule has 1 aromatic heterocycles. The molecule has 2 aliphatic heterocycles. The lowest BCUT2D eigenvalue weighted by Gasteiger charge is -2.36. The molecule has 2 N–H and O–H groups in total. The Morgan fingerprint density at radius 3 is 2.53 bits per heavy atom. The molecule has 11 heteroatoms. The minimum absolute atomic E-state index is 0.00197. The largest absolute Gasteiger partial charge is 0.485 e. The molecule has 47 heavy (non-hydrogen) atoms. The SMILES string of the molecule is CCC(=O)NCc1ccc(Cl)c(CN(C(=O)C2CNCCC2c2ccc(N3CC[C@H](Oc4c(Cl)cc(C)cc4Cl)C3)nc2)C2CC2)c1. The summed E-state index contributed by atoms with van der Waals surface area (Å²) < 4.78 is 6.22. The van der Waals surface area contributed by atoms with E-state index in [2.05, 4.69) is 27.7 Å². The number of ether oxygens (including phenoxy) is 1. The molecule has 8 nitrogen and oxygen atoms in total. The van der Waals surface area contributed by atoms with Crippen molar-refractivity contribution in [1.82, 2.24) is 20.5 Å². The van der Waals surface area contributed by atoms with Gasteiger partial charge in [-0.3, -0.25) is 9.59 Å². The average Bonchev–Trinajstić information content (AvgIpc) is 3.81. The fourth-order valence-electron chi connectivity index (χ4n) is 6.67. The van der Waals surface area contributed by atoms with Crippen LogP contribution in [0.5, 0.6) is 5.75 Å². The quantitative estimate of drug-likeness (QED) is 0.226. The van der Waals surface area contributed by atoms with E-state index in [1.807, 2.05) is 55.3 Å². The second-order valence-corrected chi connectivity index (χ2v) is 14.2. The van der Waals surface area contributed by atoms with Crippen molar-refractivity contribution in [2.24, 2.45) is 5.92 Å². The van der Waals surface area contributed by atoms with Crippen molar-refractivity contribution >= 4 is 52.4 Å². The first-order chi connectivity index (χ1) is 22.7. The molecule has 6 rings (SSSR count). The first kappa shape index (κ1) is 33.8. The Morgan fingerprint density at radius 1 is 1.04 bits per heavy atom. The van der Waals surface area contributed by atoms with Crippen molar-refractivity contribution < 1.29 is 14.3 Å². The first-order valence-corrected chi connectivity index (χ1v) is 17.7. The zero-order valence-corrected chi connectivity index (χ0v) is 29.2. The summed E-state index contributed by atoms with van der Waals surface area (Å²) in [5.74, 6) is 1.45. The maximum atomic E-state index is 14.3. The lowest BCUT2D eigenvalue weighted by atomic mass is 9.80. The molecule has 3 aliphatic rings. The standard InChI is InChI=1S/C36H42Cl3N5O3/c1-3-34(45)42-17-23-4-8-30(37)25(16-23)20-44(26-6-7-26)36(46)29-19-40-12-10-28(29)24-5-9-33(41-18-24)43-13-11-27(21-43)47-35-31(38)14-22(2)15-32(35)39/h4-5,8-9,14-16,18,26-29,40H,3,6-7,10-13,17,19-21H2,1-2H3,(H,42,45)/t27-,28?,29?/m0/s1. The fourth-order valence-corrected chi connectivity index (χ4v) is 7.54. The van der Waals surface area contributed by atoms with Crippen LogP contribution in [0.1, 0.15) is 67.2 Å². The first-order valence-electron chi connectivity index (χ1n) is 16.6. The van der Waals surface area contributed by atoms with Crippen LogP contribution in [0.2, 0.25) is 15.1 Å². The van der Waals surface area contributed by atoms with Gasteiger partial charge in [0.1, 0.15) is 11.9 Å². The molecule has 0 radical (unpaired) electrons. The molecule has 0 bridgehead atoms. The number of aryl methyl sites for hydroxylation is 1. The van der Waals surface area contributed by atoms with Crippen LogP contribution in [0.25, 0.3) is 0 Å². The van der Waals surface area contributed by atoms with E-state index in [1.165, 1.54) is 0 Å². The number of carbonyl (C=O) groups is 2. The molecule has 2 saturated heterocycles. The van der Waals surface area contributed by atoms with E-state index in [1.54, 1.807) is 0 Å². The molecule has 2 aromatic carbocycles. The number of nitrogens with zero attached hydrogens (tertiary/aromatic N) is 3. The molecule has 0 spiro atoms. The number of aromatic nitrogens is 1. The lowest BCUT2D eigenvalue weighted by Crippen LogP contribution is -2.47. The predicted octanol–water partition coefficient (Wildman–Crippen LogP) is 6.92. The van der Waals surface area contributed by atoms with Gasteiger partial charge >= 0.3 is 0 Å². The van der Waals surface area contributed by atoms with Gasteiger partial charge in [0.05, 0.1) is 22.5 Å². The van der Waals surface area contributed by atoms with Gasteiger partial charge in [-0.05, 0) is 85.2 Å². The van der Waals surface area contributed by atoms with E-state index in [4.69, 9.17) is 44.5 Å². The number of pyridine rings is 1. The molecule has 3 aromatic rings. The number of benzene rings is 2. The van der Waals surface area contributed by atoms with Gasteiger partial charge in [0.25, 0.3) is 0 Å². The number of halogens is 3. The molecule has 3 fully saturated rings. The number of rotatable bonds is 11. The Hall–Kier alpha value is -3.04. The van der Waals surface area contributed by atoms with E-state index in [0.29, 0.717) is 53.4 Å². The van der Waals surface area contributed by atoms with E-state index in [0.717, 1.165) is 66.8 Å². The summed E-state index contributed by atoms with van der Waals surface area (Å²) in [4.78, 5) is 35.2. The molecule has 1 saturated carbocycles. The van der Waals surface area contributed by atoms with Crippen molar-refractivity contribution in [3.05, 3.63) is 86.0 Å². The highest BCUT2D eigenvalue weighted by molar-refractivity contribution is 6.37. The Balaban J connectivity index is 1.12. The summed E-state index contributed by atoms with van der Waals surface area (Å²) in [6.45, 7) is 7.66. The van der Waals surface area contributed by atoms with E-state index < -0.39 is 0 Å². The summed E-state index contributed by atoms with van der Waals surface area (Å²) in [6.07, 6.45) is 6.04. The predicted molar refractivity (Wildman–Crippen MR) is 188 cm³/mol. The van der Waals surface area contributed by atoms with Crippen molar-refractivity contribution in [2.75, 3.05) is 31.1 Å². The average molecular weight is 699 g/mol. The molecule has 3 atom stereocenters. The van der Waals surface area contributed by atoms with Crippen LogP contribution in [-0.2, 0) is 22.7 Å². The second-order valence-electron chi connectivity index (χ2n) is 12.9. The molecular formula is C36H42Cl3N5O3. The van der Waals surface area contributed by atoms with E-state index >= 15 is 0 Å². The van der Waals surface area contributed by atoms with Gasteiger partial charge in [0, 0.05) is 56.3 Å². The molecule has 2 amide bonds. The number of amides is 2. The van der Waals surface area contributed by atoms with Gasteiger partial charge in [0.2, 0.25) is 11.8 Å². The van der Waals surface area contributed by atoms with Crippen LogP contribution in [0.3, 0.4) is 0 Å². The Morgan fingerprint density at radius 2 is 1.83 bits per heavy atom.